The van der Waals surface area contributed by atoms with E-state index in [1.165, 1.54) is 4.68 Å². The number of hydrogen-bond acceptors (Lipinski definition) is 7. The highest BCUT2D eigenvalue weighted by Gasteiger charge is 2.66. The molecule has 1 fully saturated rings. The summed E-state index contributed by atoms with van der Waals surface area (Å²) in [6.45, 7) is 7.26. The van der Waals surface area contributed by atoms with Gasteiger partial charge >= 0.3 is 0 Å². The van der Waals surface area contributed by atoms with Crippen LogP contribution < -0.4 is 25.1 Å². The first kappa shape index (κ1) is 39.9. The van der Waals surface area contributed by atoms with Gasteiger partial charge in [0.05, 0.1) is 70.2 Å². The molecule has 0 bridgehead atoms. The minimum absolute atomic E-state index is 0.0390. The summed E-state index contributed by atoms with van der Waals surface area (Å²) in [5.41, 5.74) is 2.97. The SMILES string of the molecule is COc1ccc([Si](C)(C)[C@H]2[C@H](CC(=O)N(CCO)Cc3ccccc3)O[C@@]3(C(=O)N(Cc4ccc(-n5[nH]c6ccccc6c5=O)cc4)c4ccc(OC)cc43)[C@@H]2C)cc1. The van der Waals surface area contributed by atoms with Gasteiger partial charge in [-0.2, -0.15) is 0 Å². The van der Waals surface area contributed by atoms with Crippen molar-refractivity contribution in [3.8, 4) is 17.2 Å². The number of H-pyrrole nitrogens is 1. The molecule has 5 aromatic carbocycles. The van der Waals surface area contributed by atoms with E-state index in [9.17, 15) is 14.7 Å². The normalized spacial score (nSPS) is 20.0. The van der Waals surface area contributed by atoms with Crippen LogP contribution in [0.3, 0.4) is 0 Å². The summed E-state index contributed by atoms with van der Waals surface area (Å²) < 4.78 is 20.0. The minimum atomic E-state index is -2.55. The van der Waals surface area contributed by atoms with Gasteiger partial charge in [0.15, 0.2) is 5.60 Å². The number of anilines is 1. The molecule has 0 aliphatic carbocycles. The van der Waals surface area contributed by atoms with Gasteiger partial charge in [-0.25, -0.2) is 4.68 Å². The maximum Gasteiger partial charge on any atom is 0.279 e. The number of aliphatic hydroxyl groups is 1. The standard InChI is InChI=1S/C47H50N4O7Si/c1-31-44(59(4,5)37-22-19-35(56-2)20-23-37)42(28-43(53)49(25-26-52)29-32-11-7-6-8-12-32)58-47(31)39-27-36(57-3)21-24-41(39)50(46(47)55)30-33-15-17-34(18-16-33)51-45(54)38-13-9-10-14-40(38)48-51/h6-24,27,31,42,44,48,52H,25-26,28-30H2,1-5H3/t31-,42+,44-,47+/m1/s1. The first-order chi connectivity index (χ1) is 28.5. The zero-order valence-electron chi connectivity index (χ0n) is 34.1. The number of carbonyl (C=O) groups is 2. The lowest BCUT2D eigenvalue weighted by Gasteiger charge is -2.37. The van der Waals surface area contributed by atoms with E-state index in [-0.39, 0.29) is 54.9 Å². The Bertz CT molecular complexity index is 2540. The molecule has 4 atom stereocenters. The Balaban J connectivity index is 1.17. The molecular formula is C47H50N4O7Si. The molecule has 2 N–H and O–H groups in total. The molecule has 11 nitrogen and oxygen atoms in total. The second-order valence-corrected chi connectivity index (χ2v) is 20.8. The van der Waals surface area contributed by atoms with Crippen LogP contribution in [0.15, 0.2) is 126 Å². The Morgan fingerprint density at radius 1 is 0.864 bits per heavy atom. The summed E-state index contributed by atoms with van der Waals surface area (Å²) in [6, 6.07) is 38.6. The number of rotatable bonds is 13. The number of fused-ring (bicyclic) bond motifs is 3. The summed E-state index contributed by atoms with van der Waals surface area (Å²) >= 11 is 0. The van der Waals surface area contributed by atoms with Crippen LogP contribution in [0.1, 0.15) is 30.0 Å². The van der Waals surface area contributed by atoms with Crippen LogP contribution in [0, 0.1) is 5.92 Å². The number of para-hydroxylation sites is 1. The topological polar surface area (TPSA) is 126 Å². The molecule has 8 rings (SSSR count). The Morgan fingerprint density at radius 2 is 1.54 bits per heavy atom. The van der Waals surface area contributed by atoms with E-state index in [2.05, 4.69) is 37.2 Å². The number of amides is 2. The van der Waals surface area contributed by atoms with Gasteiger partial charge in [0.2, 0.25) is 5.91 Å². The number of nitrogens with one attached hydrogen (secondary N) is 1. The van der Waals surface area contributed by atoms with E-state index >= 15 is 4.79 Å². The van der Waals surface area contributed by atoms with Crippen LogP contribution in [0.2, 0.25) is 18.6 Å². The number of benzene rings is 5. The number of hydrogen-bond donors (Lipinski definition) is 2. The van der Waals surface area contributed by atoms with Gasteiger partial charge < -0.3 is 29.1 Å². The van der Waals surface area contributed by atoms with Crippen LogP contribution in [0.25, 0.3) is 16.6 Å². The molecular weight excluding hydrogens is 761 g/mol. The lowest BCUT2D eigenvalue weighted by Crippen LogP contribution is -2.52. The van der Waals surface area contributed by atoms with E-state index in [0.29, 0.717) is 28.9 Å². The molecule has 1 spiro atoms. The van der Waals surface area contributed by atoms with Crippen LogP contribution in [-0.2, 0) is 33.0 Å². The number of aliphatic hydroxyl groups excluding tert-OH is 1. The van der Waals surface area contributed by atoms with E-state index in [1.54, 1.807) is 30.1 Å². The lowest BCUT2D eigenvalue weighted by molar-refractivity contribution is -0.150. The van der Waals surface area contributed by atoms with Gasteiger partial charge in [0, 0.05) is 24.6 Å². The third-order valence-electron chi connectivity index (χ3n) is 12.5. The fourth-order valence-electron chi connectivity index (χ4n) is 9.47. The van der Waals surface area contributed by atoms with Crippen molar-refractivity contribution in [1.29, 1.82) is 0 Å². The lowest BCUT2D eigenvalue weighted by atomic mass is 9.82. The minimum Gasteiger partial charge on any atom is -0.497 e. The van der Waals surface area contributed by atoms with Crippen LogP contribution >= 0.6 is 0 Å². The zero-order valence-corrected chi connectivity index (χ0v) is 35.1. The van der Waals surface area contributed by atoms with Crippen molar-refractivity contribution in [2.75, 3.05) is 32.3 Å². The molecule has 12 heteroatoms. The Morgan fingerprint density at radius 3 is 2.22 bits per heavy atom. The van der Waals surface area contributed by atoms with Gasteiger partial charge in [-0.05, 0) is 71.3 Å². The fourth-order valence-corrected chi connectivity index (χ4v) is 13.5. The quantitative estimate of drug-likeness (QED) is 0.128. The van der Waals surface area contributed by atoms with Gasteiger partial charge in [-0.3, -0.25) is 19.5 Å². The molecule has 0 radical (unpaired) electrons. The second-order valence-electron chi connectivity index (χ2n) is 16.1. The Hall–Kier alpha value is -5.95. The van der Waals surface area contributed by atoms with Crippen molar-refractivity contribution in [2.45, 2.75) is 56.8 Å². The first-order valence-corrected chi connectivity index (χ1v) is 23.1. The number of carbonyl (C=O) groups excluding carboxylic acids is 2. The molecule has 1 aromatic heterocycles. The second kappa shape index (κ2) is 16.0. The summed E-state index contributed by atoms with van der Waals surface area (Å²) in [6.07, 6.45) is -0.577. The van der Waals surface area contributed by atoms with Gasteiger partial charge in [-0.1, -0.05) is 91.9 Å². The van der Waals surface area contributed by atoms with Crippen molar-refractivity contribution in [3.05, 3.63) is 148 Å². The highest BCUT2D eigenvalue weighted by molar-refractivity contribution is 6.91. The average Bonchev–Trinajstić information content (AvgIpc) is 3.83. The Kier molecular flexibility index (Phi) is 10.8. The van der Waals surface area contributed by atoms with E-state index < -0.39 is 19.8 Å². The van der Waals surface area contributed by atoms with Crippen LogP contribution in [0.5, 0.6) is 11.5 Å². The monoisotopic (exact) mass is 810 g/mol. The van der Waals surface area contributed by atoms with Gasteiger partial charge in [0.25, 0.3) is 11.5 Å². The molecule has 6 aromatic rings. The van der Waals surface area contributed by atoms with E-state index in [0.717, 1.165) is 33.3 Å². The molecule has 0 saturated carbocycles. The molecule has 2 aliphatic heterocycles. The zero-order chi connectivity index (χ0) is 41.5. The van der Waals surface area contributed by atoms with Gasteiger partial charge in [-0.15, -0.1) is 0 Å². The summed E-state index contributed by atoms with van der Waals surface area (Å²) in [5.74, 6) is 0.664. The molecule has 59 heavy (non-hydrogen) atoms. The predicted molar refractivity (Wildman–Crippen MR) is 231 cm³/mol. The maximum atomic E-state index is 15.4. The van der Waals surface area contributed by atoms with Crippen molar-refractivity contribution in [3.63, 3.8) is 0 Å². The van der Waals surface area contributed by atoms with Crippen molar-refractivity contribution in [1.82, 2.24) is 14.7 Å². The number of nitrogens with zero attached hydrogens (tertiary/aromatic N) is 3. The summed E-state index contributed by atoms with van der Waals surface area (Å²) in [7, 11) is 0.696. The molecule has 2 aliphatic rings. The molecule has 304 valence electrons. The average molecular weight is 811 g/mol. The molecule has 1 saturated heterocycles. The van der Waals surface area contributed by atoms with E-state index in [1.807, 2.05) is 103 Å². The Labute approximate surface area is 344 Å². The van der Waals surface area contributed by atoms with Crippen LogP contribution in [0.4, 0.5) is 5.69 Å². The fraction of sp³-hybridized carbons (Fsp3) is 0.298. The third kappa shape index (κ3) is 7.04. The highest BCUT2D eigenvalue weighted by Crippen LogP contribution is 2.60. The van der Waals surface area contributed by atoms with Crippen molar-refractivity contribution < 1.29 is 28.9 Å². The molecule has 0 unspecified atom stereocenters. The number of ether oxygens (including phenoxy) is 3. The molecule has 2 amide bonds. The number of methoxy groups -OCH3 is 2. The first-order valence-electron chi connectivity index (χ1n) is 20.0. The largest absolute Gasteiger partial charge is 0.497 e. The highest BCUT2D eigenvalue weighted by atomic mass is 28.3. The number of aromatic nitrogens is 2. The summed E-state index contributed by atoms with van der Waals surface area (Å²) in [5, 5.41) is 15.0. The van der Waals surface area contributed by atoms with Crippen LogP contribution in [-0.4, -0.2) is 73.2 Å². The van der Waals surface area contributed by atoms with Gasteiger partial charge in [0.1, 0.15) is 11.5 Å². The van der Waals surface area contributed by atoms with E-state index in [4.69, 9.17) is 14.2 Å². The van der Waals surface area contributed by atoms with Crippen molar-refractivity contribution in [2.24, 2.45) is 5.92 Å². The third-order valence-corrected chi connectivity index (χ3v) is 16.8. The van der Waals surface area contributed by atoms with Crippen molar-refractivity contribution >= 4 is 41.7 Å². The maximum absolute atomic E-state index is 15.4. The number of aromatic amines is 1. The molecule has 3 heterocycles. The summed E-state index contributed by atoms with van der Waals surface area (Å²) in [4.78, 5) is 46.5. The predicted octanol–water partition coefficient (Wildman–Crippen LogP) is 6.51. The smallest absolute Gasteiger partial charge is 0.279 e.